The molecule has 0 bridgehead atoms. The zero-order valence-corrected chi connectivity index (χ0v) is 11.3. The number of carbonyl (C=O) groups is 3. The molecular formula is C12H20N2O5. The van der Waals surface area contributed by atoms with Gasteiger partial charge >= 0.3 is 5.97 Å². The van der Waals surface area contributed by atoms with Gasteiger partial charge in [0, 0.05) is 6.42 Å². The van der Waals surface area contributed by atoms with Gasteiger partial charge in [0.25, 0.3) is 0 Å². The highest BCUT2D eigenvalue weighted by Crippen LogP contribution is 2.05. The maximum atomic E-state index is 11.6. The van der Waals surface area contributed by atoms with Crippen LogP contribution in [0, 0.1) is 11.3 Å². The first-order valence-electron chi connectivity index (χ1n) is 5.93. The molecule has 0 saturated heterocycles. The molecule has 0 aliphatic rings. The number of carbonyl (C=O) groups excluding carboxylic acids is 3. The van der Waals surface area contributed by atoms with Crippen LogP contribution < -0.4 is 5.32 Å². The van der Waals surface area contributed by atoms with Crippen LogP contribution in [0.25, 0.3) is 0 Å². The molecule has 0 unspecified atom stereocenters. The molecule has 19 heavy (non-hydrogen) atoms. The highest BCUT2D eigenvalue weighted by Gasteiger charge is 2.26. The molecule has 2 atom stereocenters. The molecule has 0 aromatic rings. The Morgan fingerprint density at radius 1 is 1.37 bits per heavy atom. The number of Topliss-reactive ketones (excluding diaryl/α,β-unsaturated/α-hetero) is 1. The Bertz CT molecular complexity index is 354. The number of amides is 1. The Labute approximate surface area is 111 Å². The first kappa shape index (κ1) is 17.2. The van der Waals surface area contributed by atoms with E-state index in [1.54, 1.807) is 13.8 Å². The van der Waals surface area contributed by atoms with Gasteiger partial charge in [0.05, 0.1) is 13.3 Å². The molecular weight excluding hydrogens is 252 g/mol. The van der Waals surface area contributed by atoms with Crippen LogP contribution in [-0.4, -0.2) is 48.2 Å². The van der Waals surface area contributed by atoms with E-state index in [1.807, 2.05) is 0 Å². The molecule has 0 aliphatic carbocycles. The molecule has 0 heterocycles. The van der Waals surface area contributed by atoms with Gasteiger partial charge in [-0.15, -0.1) is 0 Å². The van der Waals surface area contributed by atoms with Crippen molar-refractivity contribution in [2.75, 3.05) is 7.11 Å². The predicted molar refractivity (Wildman–Crippen MR) is 67.8 cm³/mol. The third-order valence-corrected chi connectivity index (χ3v) is 2.54. The summed E-state index contributed by atoms with van der Waals surface area (Å²) >= 11 is 0. The fourth-order valence-corrected chi connectivity index (χ4v) is 1.31. The third kappa shape index (κ3) is 6.10. The van der Waals surface area contributed by atoms with Crippen LogP contribution in [0.1, 0.15) is 26.7 Å². The summed E-state index contributed by atoms with van der Waals surface area (Å²) in [6.45, 7) is 3.33. The molecule has 0 aromatic carbocycles. The standard InChI is InChI=1S/C12H20N2O5/c1-7(2)10(16)11(17)14-9(12(18)19-3)5-4-8(15)6-13/h6-7,9-10,13,16H,4-5H2,1-3H3,(H,14,17)/t9-,10-/m0/s1. The molecule has 108 valence electrons. The number of hydrogen-bond acceptors (Lipinski definition) is 6. The number of methoxy groups -OCH3 is 1. The molecule has 0 saturated carbocycles. The van der Waals surface area contributed by atoms with E-state index < -0.39 is 29.8 Å². The molecule has 0 radical (unpaired) electrons. The second kappa shape index (κ2) is 8.36. The zero-order valence-electron chi connectivity index (χ0n) is 11.3. The number of nitrogens with one attached hydrogen (secondary N) is 2. The minimum atomic E-state index is -1.23. The van der Waals surface area contributed by atoms with Crippen LogP contribution in [-0.2, 0) is 19.1 Å². The van der Waals surface area contributed by atoms with Crippen LogP contribution in [0.2, 0.25) is 0 Å². The number of ether oxygens (including phenoxy) is 1. The van der Waals surface area contributed by atoms with Crippen molar-refractivity contribution >= 4 is 23.9 Å². The van der Waals surface area contributed by atoms with Crippen LogP contribution in [0.4, 0.5) is 0 Å². The van der Waals surface area contributed by atoms with Gasteiger partial charge < -0.3 is 20.6 Å². The Balaban J connectivity index is 4.60. The molecule has 0 aliphatic heterocycles. The van der Waals surface area contributed by atoms with Crippen LogP contribution in [0.3, 0.4) is 0 Å². The Kier molecular flexibility index (Phi) is 7.59. The first-order valence-corrected chi connectivity index (χ1v) is 5.93. The largest absolute Gasteiger partial charge is 0.467 e. The van der Waals surface area contributed by atoms with Crippen molar-refractivity contribution in [1.82, 2.24) is 5.32 Å². The number of aliphatic hydroxyl groups is 1. The molecule has 1 amide bonds. The van der Waals surface area contributed by atoms with Crippen LogP contribution in [0.15, 0.2) is 0 Å². The van der Waals surface area contributed by atoms with E-state index in [9.17, 15) is 19.5 Å². The normalized spacial score (nSPS) is 13.5. The summed E-state index contributed by atoms with van der Waals surface area (Å²) in [6, 6.07) is -1.00. The maximum Gasteiger partial charge on any atom is 0.328 e. The van der Waals surface area contributed by atoms with Gasteiger partial charge in [-0.25, -0.2) is 4.79 Å². The first-order chi connectivity index (χ1) is 8.83. The summed E-state index contributed by atoms with van der Waals surface area (Å²) in [7, 11) is 1.17. The topological polar surface area (TPSA) is 117 Å². The lowest BCUT2D eigenvalue weighted by atomic mass is 10.0. The van der Waals surface area contributed by atoms with Crippen LogP contribution in [0.5, 0.6) is 0 Å². The van der Waals surface area contributed by atoms with Crippen molar-refractivity contribution in [3.63, 3.8) is 0 Å². The van der Waals surface area contributed by atoms with E-state index in [1.165, 1.54) is 7.11 Å². The van der Waals surface area contributed by atoms with Crippen molar-refractivity contribution in [3.05, 3.63) is 0 Å². The second-order valence-corrected chi connectivity index (χ2v) is 4.42. The molecule has 0 fully saturated rings. The molecule has 0 rings (SSSR count). The fraction of sp³-hybridized carbons (Fsp3) is 0.667. The minimum Gasteiger partial charge on any atom is -0.467 e. The van der Waals surface area contributed by atoms with E-state index in [0.717, 1.165) is 0 Å². The van der Waals surface area contributed by atoms with E-state index >= 15 is 0 Å². The number of esters is 1. The highest BCUT2D eigenvalue weighted by molar-refractivity contribution is 6.26. The molecule has 0 aromatic heterocycles. The zero-order chi connectivity index (χ0) is 15.0. The average Bonchev–Trinajstić information content (AvgIpc) is 2.40. The summed E-state index contributed by atoms with van der Waals surface area (Å²) in [6.07, 6.45) is -0.608. The summed E-state index contributed by atoms with van der Waals surface area (Å²) in [5.74, 6) is -2.12. The van der Waals surface area contributed by atoms with Crippen molar-refractivity contribution in [2.45, 2.75) is 38.8 Å². The van der Waals surface area contributed by atoms with Gasteiger partial charge in [-0.2, -0.15) is 0 Å². The third-order valence-electron chi connectivity index (χ3n) is 2.54. The number of rotatable bonds is 8. The molecule has 7 nitrogen and oxygen atoms in total. The SMILES string of the molecule is COC(=O)[C@H](CCC(=O)C=N)NC(=O)[C@@H](O)C(C)C. The number of aliphatic hydroxyl groups excluding tert-OH is 1. The minimum absolute atomic E-state index is 0.0252. The van der Waals surface area contributed by atoms with E-state index in [4.69, 9.17) is 5.41 Å². The lowest BCUT2D eigenvalue weighted by Crippen LogP contribution is -2.47. The van der Waals surface area contributed by atoms with Gasteiger partial charge in [0.2, 0.25) is 5.91 Å². The van der Waals surface area contributed by atoms with Crippen molar-refractivity contribution < 1.29 is 24.2 Å². The Morgan fingerprint density at radius 2 is 1.95 bits per heavy atom. The Hall–Kier alpha value is -1.76. The van der Waals surface area contributed by atoms with E-state index in [2.05, 4.69) is 10.1 Å². The fourth-order valence-electron chi connectivity index (χ4n) is 1.31. The lowest BCUT2D eigenvalue weighted by Gasteiger charge is -2.19. The Morgan fingerprint density at radius 3 is 2.37 bits per heavy atom. The quantitative estimate of drug-likeness (QED) is 0.413. The summed E-state index contributed by atoms with van der Waals surface area (Å²) in [4.78, 5) is 34.1. The molecule has 0 spiro atoms. The van der Waals surface area contributed by atoms with Gasteiger partial charge in [-0.05, 0) is 12.3 Å². The second-order valence-electron chi connectivity index (χ2n) is 4.42. The van der Waals surface area contributed by atoms with Crippen molar-refractivity contribution in [1.29, 1.82) is 5.41 Å². The van der Waals surface area contributed by atoms with Crippen molar-refractivity contribution in [2.24, 2.45) is 5.92 Å². The number of ketones is 1. The van der Waals surface area contributed by atoms with Crippen molar-refractivity contribution in [3.8, 4) is 0 Å². The van der Waals surface area contributed by atoms with Crippen LogP contribution >= 0.6 is 0 Å². The summed E-state index contributed by atoms with van der Waals surface area (Å²) in [5, 5.41) is 18.6. The molecule has 7 heteroatoms. The highest BCUT2D eigenvalue weighted by atomic mass is 16.5. The predicted octanol–water partition coefficient (Wildman–Crippen LogP) is -0.340. The maximum absolute atomic E-state index is 11.6. The van der Waals surface area contributed by atoms with Gasteiger partial charge in [-0.3, -0.25) is 9.59 Å². The summed E-state index contributed by atoms with van der Waals surface area (Å²) < 4.78 is 4.52. The molecule has 3 N–H and O–H groups in total. The van der Waals surface area contributed by atoms with Gasteiger partial charge in [0.1, 0.15) is 12.1 Å². The van der Waals surface area contributed by atoms with E-state index in [-0.39, 0.29) is 18.8 Å². The van der Waals surface area contributed by atoms with Gasteiger partial charge in [-0.1, -0.05) is 13.8 Å². The van der Waals surface area contributed by atoms with E-state index in [0.29, 0.717) is 6.21 Å². The van der Waals surface area contributed by atoms with Gasteiger partial charge in [0.15, 0.2) is 5.78 Å². The number of hydrogen-bond donors (Lipinski definition) is 3. The average molecular weight is 272 g/mol. The monoisotopic (exact) mass is 272 g/mol. The summed E-state index contributed by atoms with van der Waals surface area (Å²) in [5.41, 5.74) is 0. The lowest BCUT2D eigenvalue weighted by molar-refractivity contribution is -0.147. The smallest absolute Gasteiger partial charge is 0.328 e.